The Morgan fingerprint density at radius 1 is 0.953 bits per heavy atom. The van der Waals surface area contributed by atoms with Crippen LogP contribution in [0, 0.1) is 12.8 Å². The maximum atomic E-state index is 13.9. The first kappa shape index (κ1) is 31.1. The Morgan fingerprint density at radius 2 is 1.63 bits per heavy atom. The van der Waals surface area contributed by atoms with Gasteiger partial charge >= 0.3 is 18.4 Å². The van der Waals surface area contributed by atoms with Crippen LogP contribution in [0.4, 0.5) is 31.1 Å². The molecule has 3 unspecified atom stereocenters. The molecule has 0 radical (unpaired) electrons. The summed E-state index contributed by atoms with van der Waals surface area (Å²) >= 11 is 0. The van der Waals surface area contributed by atoms with E-state index in [0.29, 0.717) is 44.9 Å². The fourth-order valence-electron chi connectivity index (χ4n) is 6.54. The first-order valence-corrected chi connectivity index (χ1v) is 14.2. The van der Waals surface area contributed by atoms with E-state index in [0.717, 1.165) is 30.3 Å². The van der Waals surface area contributed by atoms with Crippen LogP contribution >= 0.6 is 0 Å². The number of halogens is 6. The number of rotatable bonds is 5. The summed E-state index contributed by atoms with van der Waals surface area (Å²) in [5.74, 6) is -0.199. The minimum Gasteiger partial charge on any atom is -0.379 e. The molecule has 3 aliphatic heterocycles. The van der Waals surface area contributed by atoms with Crippen LogP contribution in [0.25, 0.3) is 0 Å². The summed E-state index contributed by atoms with van der Waals surface area (Å²) in [7, 11) is 1.41. The predicted molar refractivity (Wildman–Crippen MR) is 145 cm³/mol. The van der Waals surface area contributed by atoms with E-state index in [4.69, 9.17) is 4.74 Å². The number of amides is 3. The number of urea groups is 1. The van der Waals surface area contributed by atoms with Gasteiger partial charge in [0, 0.05) is 46.3 Å². The van der Waals surface area contributed by atoms with Crippen LogP contribution in [0.1, 0.15) is 40.3 Å². The van der Waals surface area contributed by atoms with Crippen molar-refractivity contribution in [1.82, 2.24) is 19.6 Å². The van der Waals surface area contributed by atoms with E-state index < -0.39 is 35.6 Å². The summed E-state index contributed by atoms with van der Waals surface area (Å²) in [6, 6.07) is 8.11. The number of piperazine rings is 1. The van der Waals surface area contributed by atoms with Gasteiger partial charge in [-0.2, -0.15) is 26.3 Å². The van der Waals surface area contributed by atoms with Gasteiger partial charge in [-0.1, -0.05) is 30.3 Å². The molecule has 3 atom stereocenters. The lowest BCUT2D eigenvalue weighted by atomic mass is 9.89. The van der Waals surface area contributed by atoms with Gasteiger partial charge in [0.25, 0.3) is 0 Å². The average molecular weight is 613 g/mol. The van der Waals surface area contributed by atoms with Gasteiger partial charge in [-0.25, -0.2) is 4.79 Å². The Kier molecular flexibility index (Phi) is 8.68. The summed E-state index contributed by atoms with van der Waals surface area (Å²) in [6.45, 7) is 5.40. The molecule has 3 fully saturated rings. The van der Waals surface area contributed by atoms with Crippen LogP contribution < -0.4 is 0 Å². The normalized spacial score (nSPS) is 23.4. The monoisotopic (exact) mass is 612 g/mol. The molecule has 0 spiro atoms. The van der Waals surface area contributed by atoms with Gasteiger partial charge in [0.15, 0.2) is 0 Å². The SMILES string of the molecule is Cc1ccccc1C1C2CC(CN3CCOCC3)C(=O)N2CCN1C(=O)N(C)Cc1ccc(C(F)(F)F)c(C(F)(F)F)c1. The molecule has 13 heteroatoms. The topological polar surface area (TPSA) is 56.3 Å². The molecule has 0 saturated carbocycles. The number of carbonyl (C=O) groups excluding carboxylic acids is 2. The van der Waals surface area contributed by atoms with Gasteiger partial charge in [0.05, 0.1) is 42.3 Å². The third-order valence-electron chi connectivity index (χ3n) is 8.62. The molecule has 3 aliphatic rings. The molecule has 234 valence electrons. The van der Waals surface area contributed by atoms with Crippen molar-refractivity contribution >= 4 is 11.9 Å². The Bertz CT molecular complexity index is 1340. The minimum absolute atomic E-state index is 0.0416. The molecule has 0 N–H and O–H groups in total. The van der Waals surface area contributed by atoms with Gasteiger partial charge in [-0.05, 0) is 42.2 Å². The third-order valence-corrected chi connectivity index (χ3v) is 8.62. The van der Waals surface area contributed by atoms with Gasteiger partial charge < -0.3 is 19.4 Å². The Hall–Kier alpha value is -3.32. The Morgan fingerprint density at radius 3 is 2.28 bits per heavy atom. The number of hydrogen-bond donors (Lipinski definition) is 0. The number of fused-ring (bicyclic) bond motifs is 1. The number of carbonyl (C=O) groups is 2. The van der Waals surface area contributed by atoms with Crippen molar-refractivity contribution in [3.05, 3.63) is 70.3 Å². The fraction of sp³-hybridized carbons (Fsp3) is 0.533. The molecule has 2 aromatic rings. The van der Waals surface area contributed by atoms with Gasteiger partial charge in [-0.15, -0.1) is 0 Å². The van der Waals surface area contributed by atoms with E-state index in [9.17, 15) is 35.9 Å². The zero-order chi connectivity index (χ0) is 31.1. The van der Waals surface area contributed by atoms with Gasteiger partial charge in [0.2, 0.25) is 5.91 Å². The maximum absolute atomic E-state index is 13.9. The average Bonchev–Trinajstić information content (AvgIpc) is 3.26. The predicted octanol–water partition coefficient (Wildman–Crippen LogP) is 5.19. The highest BCUT2D eigenvalue weighted by molar-refractivity contribution is 5.83. The van der Waals surface area contributed by atoms with E-state index >= 15 is 0 Å². The van der Waals surface area contributed by atoms with E-state index in [2.05, 4.69) is 4.90 Å². The molecule has 0 bridgehead atoms. The Labute approximate surface area is 246 Å². The van der Waals surface area contributed by atoms with Crippen molar-refractivity contribution in [2.24, 2.45) is 5.92 Å². The molecule has 0 aliphatic carbocycles. The summed E-state index contributed by atoms with van der Waals surface area (Å²) in [4.78, 5) is 34.3. The molecule has 43 heavy (non-hydrogen) atoms. The lowest BCUT2D eigenvalue weighted by Gasteiger charge is -2.46. The molecule has 3 saturated heterocycles. The lowest BCUT2D eigenvalue weighted by Crippen LogP contribution is -2.57. The summed E-state index contributed by atoms with van der Waals surface area (Å²) in [5.41, 5.74) is -1.85. The van der Waals surface area contributed by atoms with E-state index in [1.807, 2.05) is 36.1 Å². The second kappa shape index (κ2) is 12.0. The summed E-state index contributed by atoms with van der Waals surface area (Å²) < 4.78 is 85.8. The van der Waals surface area contributed by atoms with Crippen LogP contribution in [-0.2, 0) is 28.4 Å². The lowest BCUT2D eigenvalue weighted by molar-refractivity contribution is -0.162. The standard InChI is InChI=1S/C30H34F6N4O3/c1-19-5-3-4-6-22(19)26-25-16-21(18-38-11-13-43-14-12-38)27(41)39(25)9-10-40(26)28(42)37(2)17-20-7-8-23(29(31,32)33)24(15-20)30(34,35)36/h3-8,15,21,25-26H,9-14,16-18H2,1-2H3. The highest BCUT2D eigenvalue weighted by Gasteiger charge is 2.50. The molecular weight excluding hydrogens is 578 g/mol. The second-order valence-corrected chi connectivity index (χ2v) is 11.5. The van der Waals surface area contributed by atoms with Crippen molar-refractivity contribution in [2.75, 3.05) is 53.0 Å². The molecule has 0 aromatic heterocycles. The number of hydrogen-bond acceptors (Lipinski definition) is 4. The molecule has 7 nitrogen and oxygen atoms in total. The second-order valence-electron chi connectivity index (χ2n) is 11.5. The fourth-order valence-corrected chi connectivity index (χ4v) is 6.54. The number of nitrogens with zero attached hydrogens (tertiary/aromatic N) is 4. The minimum atomic E-state index is -5.22. The zero-order valence-electron chi connectivity index (χ0n) is 23.9. The number of aryl methyl sites for hydroxylation is 1. The smallest absolute Gasteiger partial charge is 0.379 e. The molecule has 5 rings (SSSR count). The number of alkyl halides is 6. The molecule has 2 aromatic carbocycles. The van der Waals surface area contributed by atoms with Gasteiger partial charge in [-0.3, -0.25) is 9.69 Å². The van der Waals surface area contributed by atoms with Crippen LogP contribution in [0.3, 0.4) is 0 Å². The maximum Gasteiger partial charge on any atom is 0.417 e. The summed E-state index contributed by atoms with van der Waals surface area (Å²) in [5, 5.41) is 0. The number of ether oxygens (including phenoxy) is 1. The number of morpholine rings is 1. The molecular formula is C30H34F6N4O3. The zero-order valence-corrected chi connectivity index (χ0v) is 23.9. The van der Waals surface area contributed by atoms with Gasteiger partial charge in [0.1, 0.15) is 0 Å². The molecule has 3 heterocycles. The first-order chi connectivity index (χ1) is 20.3. The highest BCUT2D eigenvalue weighted by atomic mass is 19.4. The van der Waals surface area contributed by atoms with Crippen molar-refractivity contribution in [1.29, 1.82) is 0 Å². The Balaban J connectivity index is 1.40. The summed E-state index contributed by atoms with van der Waals surface area (Å²) in [6.07, 6.45) is -9.86. The first-order valence-electron chi connectivity index (χ1n) is 14.2. The number of benzene rings is 2. The van der Waals surface area contributed by atoms with Crippen molar-refractivity contribution < 1.29 is 40.7 Å². The van der Waals surface area contributed by atoms with E-state index in [-0.39, 0.29) is 36.5 Å². The van der Waals surface area contributed by atoms with Crippen LogP contribution in [0.5, 0.6) is 0 Å². The largest absolute Gasteiger partial charge is 0.417 e. The van der Waals surface area contributed by atoms with Crippen LogP contribution in [0.2, 0.25) is 0 Å². The molecule has 3 amide bonds. The van der Waals surface area contributed by atoms with Crippen LogP contribution in [-0.4, -0.2) is 90.6 Å². The quantitative estimate of drug-likeness (QED) is 0.437. The van der Waals surface area contributed by atoms with E-state index in [1.165, 1.54) is 11.9 Å². The highest BCUT2D eigenvalue weighted by Crippen LogP contribution is 2.43. The van der Waals surface area contributed by atoms with Crippen molar-refractivity contribution in [3.63, 3.8) is 0 Å². The van der Waals surface area contributed by atoms with Crippen LogP contribution in [0.15, 0.2) is 42.5 Å². The third kappa shape index (κ3) is 6.47. The van der Waals surface area contributed by atoms with E-state index in [1.54, 1.807) is 4.90 Å². The van der Waals surface area contributed by atoms with Crippen molar-refractivity contribution in [3.8, 4) is 0 Å². The van der Waals surface area contributed by atoms with Crippen molar-refractivity contribution in [2.45, 2.75) is 44.3 Å².